The Balaban J connectivity index is 3.30. The van der Waals surface area contributed by atoms with Crippen molar-refractivity contribution in [1.82, 2.24) is 4.90 Å². The molecule has 0 rings (SSSR count). The van der Waals surface area contributed by atoms with Crippen LogP contribution in [-0.4, -0.2) is 36.2 Å². The number of nitrogens with zero attached hydrogens (tertiary/aromatic N) is 1. The number of rotatable bonds is 8. The van der Waals surface area contributed by atoms with Gasteiger partial charge in [-0.2, -0.15) is 0 Å². The summed E-state index contributed by atoms with van der Waals surface area (Å²) < 4.78 is 0. The van der Waals surface area contributed by atoms with Crippen molar-refractivity contribution in [3.63, 3.8) is 0 Å². The van der Waals surface area contributed by atoms with Crippen LogP contribution in [0.15, 0.2) is 0 Å². The molecule has 0 aliphatic rings. The molecule has 0 aromatic carbocycles. The molecule has 0 aromatic rings. The summed E-state index contributed by atoms with van der Waals surface area (Å²) in [5.41, 5.74) is 0. The standard InChI is InChI=1S/C12H27NO/c1-5-11(2)10-13(4)9-7-6-8-12(3)14/h11-12,14H,5-10H2,1-4H3. The van der Waals surface area contributed by atoms with Gasteiger partial charge in [-0.1, -0.05) is 20.3 Å². The average molecular weight is 201 g/mol. The topological polar surface area (TPSA) is 23.5 Å². The van der Waals surface area contributed by atoms with E-state index in [2.05, 4.69) is 25.8 Å². The lowest BCUT2D eigenvalue weighted by atomic mass is 10.1. The highest BCUT2D eigenvalue weighted by Gasteiger charge is 2.04. The van der Waals surface area contributed by atoms with Crippen LogP contribution in [0.25, 0.3) is 0 Å². The maximum absolute atomic E-state index is 9.09. The second-order valence-electron chi connectivity index (χ2n) is 4.62. The van der Waals surface area contributed by atoms with Crippen LogP contribution in [0.1, 0.15) is 46.5 Å². The summed E-state index contributed by atoms with van der Waals surface area (Å²) in [6, 6.07) is 0. The molecular formula is C12H27NO. The van der Waals surface area contributed by atoms with Gasteiger partial charge in [-0.25, -0.2) is 0 Å². The maximum atomic E-state index is 9.09. The summed E-state index contributed by atoms with van der Waals surface area (Å²) in [5.74, 6) is 0.803. The van der Waals surface area contributed by atoms with Crippen molar-refractivity contribution in [2.24, 2.45) is 5.92 Å². The normalized spacial score (nSPS) is 15.9. The van der Waals surface area contributed by atoms with E-state index in [0.717, 1.165) is 25.3 Å². The number of aliphatic hydroxyl groups excluding tert-OH is 1. The van der Waals surface area contributed by atoms with E-state index in [0.29, 0.717) is 0 Å². The van der Waals surface area contributed by atoms with Crippen LogP contribution in [0.4, 0.5) is 0 Å². The molecule has 2 nitrogen and oxygen atoms in total. The first kappa shape index (κ1) is 13.9. The van der Waals surface area contributed by atoms with Crippen LogP contribution in [0.5, 0.6) is 0 Å². The minimum absolute atomic E-state index is 0.130. The van der Waals surface area contributed by atoms with Crippen molar-refractivity contribution in [1.29, 1.82) is 0 Å². The predicted octanol–water partition coefficient (Wildman–Crippen LogP) is 2.52. The number of hydrogen-bond donors (Lipinski definition) is 1. The Morgan fingerprint density at radius 3 is 2.36 bits per heavy atom. The molecule has 0 spiro atoms. The molecule has 0 aliphatic carbocycles. The molecule has 2 heteroatoms. The van der Waals surface area contributed by atoms with Crippen molar-refractivity contribution in [3.05, 3.63) is 0 Å². The second kappa shape index (κ2) is 8.25. The zero-order chi connectivity index (χ0) is 11.0. The van der Waals surface area contributed by atoms with Crippen molar-refractivity contribution in [3.8, 4) is 0 Å². The minimum Gasteiger partial charge on any atom is -0.393 e. The van der Waals surface area contributed by atoms with Gasteiger partial charge in [0.25, 0.3) is 0 Å². The predicted molar refractivity (Wildman–Crippen MR) is 62.5 cm³/mol. The third kappa shape index (κ3) is 8.52. The molecule has 0 aliphatic heterocycles. The molecule has 86 valence electrons. The third-order valence-electron chi connectivity index (χ3n) is 2.73. The molecule has 0 amide bonds. The Kier molecular flexibility index (Phi) is 8.20. The molecule has 0 saturated heterocycles. The molecule has 0 fully saturated rings. The van der Waals surface area contributed by atoms with Gasteiger partial charge in [0.05, 0.1) is 6.10 Å². The van der Waals surface area contributed by atoms with Gasteiger partial charge in [0.2, 0.25) is 0 Å². The Morgan fingerprint density at radius 2 is 1.86 bits per heavy atom. The van der Waals surface area contributed by atoms with Crippen molar-refractivity contribution < 1.29 is 5.11 Å². The van der Waals surface area contributed by atoms with Gasteiger partial charge in [-0.15, -0.1) is 0 Å². The summed E-state index contributed by atoms with van der Waals surface area (Å²) in [4.78, 5) is 2.40. The van der Waals surface area contributed by atoms with E-state index in [1.165, 1.54) is 19.4 Å². The molecule has 0 radical (unpaired) electrons. The van der Waals surface area contributed by atoms with Crippen molar-refractivity contribution >= 4 is 0 Å². The van der Waals surface area contributed by atoms with E-state index in [4.69, 9.17) is 5.11 Å². The van der Waals surface area contributed by atoms with Gasteiger partial charge in [0, 0.05) is 6.54 Å². The molecular weight excluding hydrogens is 174 g/mol. The molecule has 0 aromatic heterocycles. The van der Waals surface area contributed by atoms with Crippen LogP contribution in [0.2, 0.25) is 0 Å². The van der Waals surface area contributed by atoms with Gasteiger partial charge in [0.1, 0.15) is 0 Å². The fourth-order valence-corrected chi connectivity index (χ4v) is 1.57. The monoisotopic (exact) mass is 201 g/mol. The molecule has 14 heavy (non-hydrogen) atoms. The van der Waals surface area contributed by atoms with Crippen LogP contribution in [-0.2, 0) is 0 Å². The van der Waals surface area contributed by atoms with Gasteiger partial charge < -0.3 is 10.0 Å². The zero-order valence-corrected chi connectivity index (χ0v) is 10.3. The molecule has 0 saturated carbocycles. The lowest BCUT2D eigenvalue weighted by Crippen LogP contribution is -2.25. The first-order chi connectivity index (χ1) is 6.56. The molecule has 2 atom stereocenters. The van der Waals surface area contributed by atoms with E-state index in [1.807, 2.05) is 6.92 Å². The zero-order valence-electron chi connectivity index (χ0n) is 10.3. The minimum atomic E-state index is -0.130. The van der Waals surface area contributed by atoms with Crippen LogP contribution in [0.3, 0.4) is 0 Å². The largest absolute Gasteiger partial charge is 0.393 e. The Morgan fingerprint density at radius 1 is 1.21 bits per heavy atom. The van der Waals surface area contributed by atoms with Crippen LogP contribution >= 0.6 is 0 Å². The fraction of sp³-hybridized carbons (Fsp3) is 1.00. The number of hydrogen-bond acceptors (Lipinski definition) is 2. The van der Waals surface area contributed by atoms with E-state index < -0.39 is 0 Å². The summed E-state index contributed by atoms with van der Waals surface area (Å²) in [6.07, 6.45) is 4.42. The van der Waals surface area contributed by atoms with Gasteiger partial charge in [0.15, 0.2) is 0 Å². The smallest absolute Gasteiger partial charge is 0.0512 e. The second-order valence-corrected chi connectivity index (χ2v) is 4.62. The Bertz CT molecular complexity index is 125. The van der Waals surface area contributed by atoms with Gasteiger partial charge in [-0.05, 0) is 45.7 Å². The molecule has 1 N–H and O–H groups in total. The highest BCUT2D eigenvalue weighted by Crippen LogP contribution is 2.05. The molecule has 2 unspecified atom stereocenters. The maximum Gasteiger partial charge on any atom is 0.0512 e. The van der Waals surface area contributed by atoms with Gasteiger partial charge >= 0.3 is 0 Å². The third-order valence-corrected chi connectivity index (χ3v) is 2.73. The summed E-state index contributed by atoms with van der Waals surface area (Å²) in [6.45, 7) is 8.77. The summed E-state index contributed by atoms with van der Waals surface area (Å²) in [5, 5.41) is 9.09. The summed E-state index contributed by atoms with van der Waals surface area (Å²) in [7, 11) is 2.19. The summed E-state index contributed by atoms with van der Waals surface area (Å²) >= 11 is 0. The Labute approximate surface area is 89.3 Å². The highest BCUT2D eigenvalue weighted by molar-refractivity contribution is 4.58. The van der Waals surface area contributed by atoms with E-state index in [9.17, 15) is 0 Å². The average Bonchev–Trinajstić information content (AvgIpc) is 2.12. The lowest BCUT2D eigenvalue weighted by Gasteiger charge is -2.20. The number of unbranched alkanes of at least 4 members (excludes halogenated alkanes) is 1. The number of aliphatic hydroxyl groups is 1. The van der Waals surface area contributed by atoms with E-state index in [1.54, 1.807) is 0 Å². The quantitative estimate of drug-likeness (QED) is 0.610. The Hall–Kier alpha value is -0.0800. The first-order valence-electron chi connectivity index (χ1n) is 5.92. The highest BCUT2D eigenvalue weighted by atomic mass is 16.3. The SMILES string of the molecule is CCC(C)CN(C)CCCCC(C)O. The molecule has 0 heterocycles. The van der Waals surface area contributed by atoms with E-state index >= 15 is 0 Å². The van der Waals surface area contributed by atoms with Crippen LogP contribution in [0, 0.1) is 5.92 Å². The van der Waals surface area contributed by atoms with Gasteiger partial charge in [-0.3, -0.25) is 0 Å². The van der Waals surface area contributed by atoms with Crippen LogP contribution < -0.4 is 0 Å². The lowest BCUT2D eigenvalue weighted by molar-refractivity contribution is 0.177. The van der Waals surface area contributed by atoms with Crippen molar-refractivity contribution in [2.75, 3.05) is 20.1 Å². The van der Waals surface area contributed by atoms with Crippen molar-refractivity contribution in [2.45, 2.75) is 52.6 Å². The first-order valence-corrected chi connectivity index (χ1v) is 5.92. The molecule has 0 bridgehead atoms. The van der Waals surface area contributed by atoms with E-state index in [-0.39, 0.29) is 6.10 Å². The fourth-order valence-electron chi connectivity index (χ4n) is 1.57.